The number of methoxy groups -OCH3 is 1. The third-order valence-corrected chi connectivity index (χ3v) is 2.82. The average molecular weight is 289 g/mol. The second kappa shape index (κ2) is 6.74. The van der Waals surface area contributed by atoms with Crippen molar-refractivity contribution in [2.45, 2.75) is 6.92 Å². The van der Waals surface area contributed by atoms with E-state index in [2.05, 4.69) is 5.32 Å². The van der Waals surface area contributed by atoms with Crippen LogP contribution in [0.5, 0.6) is 11.5 Å². The van der Waals surface area contributed by atoms with E-state index in [0.29, 0.717) is 23.6 Å². The molecular weight excluding hydrogens is 273 g/mol. The molecule has 2 aromatic rings. The second-order valence-corrected chi connectivity index (χ2v) is 4.26. The monoisotopic (exact) mass is 289 g/mol. The molecular formula is C16H16FNO3. The summed E-state index contributed by atoms with van der Waals surface area (Å²) in [6, 6.07) is 11.0. The molecule has 1 N–H and O–H groups in total. The summed E-state index contributed by atoms with van der Waals surface area (Å²) in [6.07, 6.45) is 0. The summed E-state index contributed by atoms with van der Waals surface area (Å²) in [6.45, 7) is 2.16. The maximum absolute atomic E-state index is 13.7. The molecule has 2 aromatic carbocycles. The number of carbonyl (C=O) groups is 1. The van der Waals surface area contributed by atoms with Gasteiger partial charge in [0.2, 0.25) is 0 Å². The molecule has 2 rings (SSSR count). The Kier molecular flexibility index (Phi) is 4.77. The van der Waals surface area contributed by atoms with Crippen molar-refractivity contribution in [2.75, 3.05) is 19.0 Å². The molecule has 0 spiro atoms. The Labute approximate surface area is 122 Å². The number of amides is 1. The largest absolute Gasteiger partial charge is 0.497 e. The van der Waals surface area contributed by atoms with Crippen LogP contribution in [0.3, 0.4) is 0 Å². The first-order chi connectivity index (χ1) is 10.1. The van der Waals surface area contributed by atoms with Crippen molar-refractivity contribution < 1.29 is 18.7 Å². The molecule has 0 saturated heterocycles. The first-order valence-corrected chi connectivity index (χ1v) is 6.51. The quantitative estimate of drug-likeness (QED) is 0.916. The van der Waals surface area contributed by atoms with Gasteiger partial charge in [0.25, 0.3) is 5.91 Å². The molecule has 0 saturated carbocycles. The lowest BCUT2D eigenvalue weighted by atomic mass is 10.2. The van der Waals surface area contributed by atoms with Crippen LogP contribution < -0.4 is 14.8 Å². The van der Waals surface area contributed by atoms with Gasteiger partial charge in [0, 0.05) is 17.3 Å². The first kappa shape index (κ1) is 14.8. The number of benzene rings is 2. The molecule has 0 radical (unpaired) electrons. The van der Waals surface area contributed by atoms with Gasteiger partial charge >= 0.3 is 0 Å². The van der Waals surface area contributed by atoms with Crippen LogP contribution in [0.15, 0.2) is 42.5 Å². The summed E-state index contributed by atoms with van der Waals surface area (Å²) >= 11 is 0. The van der Waals surface area contributed by atoms with Crippen molar-refractivity contribution in [3.8, 4) is 11.5 Å². The number of ether oxygens (including phenoxy) is 2. The van der Waals surface area contributed by atoms with Crippen LogP contribution in [-0.4, -0.2) is 19.6 Å². The van der Waals surface area contributed by atoms with Gasteiger partial charge in [0.05, 0.1) is 13.7 Å². The van der Waals surface area contributed by atoms with Crippen LogP contribution in [0.1, 0.15) is 17.3 Å². The van der Waals surface area contributed by atoms with Crippen LogP contribution in [0, 0.1) is 5.82 Å². The zero-order chi connectivity index (χ0) is 15.2. The minimum absolute atomic E-state index is 0.164. The molecule has 0 atom stereocenters. The Bertz CT molecular complexity index is 643. The fourth-order valence-corrected chi connectivity index (χ4v) is 1.82. The lowest BCUT2D eigenvalue weighted by molar-refractivity contribution is 0.102. The Morgan fingerprint density at radius 1 is 1.24 bits per heavy atom. The van der Waals surface area contributed by atoms with E-state index < -0.39 is 5.82 Å². The molecule has 0 unspecified atom stereocenters. The summed E-state index contributed by atoms with van der Waals surface area (Å²) in [5.41, 5.74) is 0.799. The number of carbonyl (C=O) groups excluding carboxylic acids is 1. The van der Waals surface area contributed by atoms with Crippen molar-refractivity contribution in [3.05, 3.63) is 53.8 Å². The number of rotatable bonds is 5. The van der Waals surface area contributed by atoms with Crippen molar-refractivity contribution in [1.29, 1.82) is 0 Å². The molecule has 0 aromatic heterocycles. The van der Waals surface area contributed by atoms with Crippen LogP contribution >= 0.6 is 0 Å². The number of hydrogen-bond donors (Lipinski definition) is 1. The minimum Gasteiger partial charge on any atom is -0.497 e. The van der Waals surface area contributed by atoms with Gasteiger partial charge < -0.3 is 14.8 Å². The predicted octanol–water partition coefficient (Wildman–Crippen LogP) is 3.49. The molecule has 4 nitrogen and oxygen atoms in total. The molecule has 0 aliphatic rings. The average Bonchev–Trinajstić information content (AvgIpc) is 2.50. The molecule has 110 valence electrons. The number of halogens is 1. The van der Waals surface area contributed by atoms with E-state index in [-0.39, 0.29) is 11.7 Å². The summed E-state index contributed by atoms with van der Waals surface area (Å²) < 4.78 is 23.9. The molecule has 5 heteroatoms. The van der Waals surface area contributed by atoms with Gasteiger partial charge in [-0.1, -0.05) is 6.07 Å². The third-order valence-electron chi connectivity index (χ3n) is 2.82. The lowest BCUT2D eigenvalue weighted by Gasteiger charge is -2.09. The Morgan fingerprint density at radius 3 is 2.71 bits per heavy atom. The van der Waals surface area contributed by atoms with Gasteiger partial charge in [-0.3, -0.25) is 4.79 Å². The number of nitrogens with one attached hydrogen (secondary N) is 1. The van der Waals surface area contributed by atoms with E-state index in [1.54, 1.807) is 37.3 Å². The van der Waals surface area contributed by atoms with Gasteiger partial charge in [-0.05, 0) is 37.3 Å². The number of hydrogen-bond acceptors (Lipinski definition) is 3. The topological polar surface area (TPSA) is 47.6 Å². The Morgan fingerprint density at radius 2 is 2.05 bits per heavy atom. The van der Waals surface area contributed by atoms with E-state index >= 15 is 0 Å². The molecule has 1 amide bonds. The van der Waals surface area contributed by atoms with Gasteiger partial charge in [0.15, 0.2) is 11.6 Å². The van der Waals surface area contributed by atoms with E-state index in [4.69, 9.17) is 9.47 Å². The summed E-state index contributed by atoms with van der Waals surface area (Å²) in [7, 11) is 1.53. The number of anilines is 1. The van der Waals surface area contributed by atoms with Crippen molar-refractivity contribution >= 4 is 11.6 Å². The Balaban J connectivity index is 2.13. The highest BCUT2D eigenvalue weighted by molar-refractivity contribution is 6.04. The zero-order valence-corrected chi connectivity index (χ0v) is 11.9. The fourth-order valence-electron chi connectivity index (χ4n) is 1.82. The first-order valence-electron chi connectivity index (χ1n) is 6.51. The van der Waals surface area contributed by atoms with Crippen molar-refractivity contribution in [3.63, 3.8) is 0 Å². The standard InChI is InChI=1S/C16H16FNO3/c1-3-21-15-8-7-12(10-14(15)17)18-16(19)11-5-4-6-13(9-11)20-2/h4-10H,3H2,1-2H3,(H,18,19). The fraction of sp³-hybridized carbons (Fsp3) is 0.188. The van der Waals surface area contributed by atoms with Crippen LogP contribution in [0.2, 0.25) is 0 Å². The van der Waals surface area contributed by atoms with Crippen LogP contribution in [0.25, 0.3) is 0 Å². The minimum atomic E-state index is -0.514. The van der Waals surface area contributed by atoms with Gasteiger partial charge in [0.1, 0.15) is 5.75 Å². The second-order valence-electron chi connectivity index (χ2n) is 4.26. The molecule has 0 fully saturated rings. The van der Waals surface area contributed by atoms with E-state index in [0.717, 1.165) is 0 Å². The van der Waals surface area contributed by atoms with Gasteiger partial charge in [-0.2, -0.15) is 0 Å². The van der Waals surface area contributed by atoms with Crippen LogP contribution in [0.4, 0.5) is 10.1 Å². The van der Waals surface area contributed by atoms with Crippen molar-refractivity contribution in [2.24, 2.45) is 0 Å². The molecule has 0 aliphatic heterocycles. The predicted molar refractivity (Wildman–Crippen MR) is 78.5 cm³/mol. The Hall–Kier alpha value is -2.56. The molecule has 21 heavy (non-hydrogen) atoms. The highest BCUT2D eigenvalue weighted by atomic mass is 19.1. The maximum Gasteiger partial charge on any atom is 0.255 e. The summed E-state index contributed by atoms with van der Waals surface area (Å²) in [4.78, 5) is 12.1. The molecule has 0 heterocycles. The SMILES string of the molecule is CCOc1ccc(NC(=O)c2cccc(OC)c2)cc1F. The molecule has 0 bridgehead atoms. The normalized spacial score (nSPS) is 10.0. The lowest BCUT2D eigenvalue weighted by Crippen LogP contribution is -2.12. The summed E-state index contributed by atoms with van der Waals surface area (Å²) in [5.74, 6) is -0.102. The van der Waals surface area contributed by atoms with E-state index in [1.807, 2.05) is 0 Å². The maximum atomic E-state index is 13.7. The highest BCUT2D eigenvalue weighted by Gasteiger charge is 2.09. The zero-order valence-electron chi connectivity index (χ0n) is 11.9. The summed E-state index contributed by atoms with van der Waals surface area (Å²) in [5, 5.41) is 2.63. The van der Waals surface area contributed by atoms with E-state index in [1.165, 1.54) is 19.2 Å². The smallest absolute Gasteiger partial charge is 0.255 e. The third kappa shape index (κ3) is 3.72. The molecule has 0 aliphatic carbocycles. The highest BCUT2D eigenvalue weighted by Crippen LogP contribution is 2.22. The van der Waals surface area contributed by atoms with E-state index in [9.17, 15) is 9.18 Å². The van der Waals surface area contributed by atoms with Gasteiger partial charge in [-0.25, -0.2) is 4.39 Å². The van der Waals surface area contributed by atoms with Crippen molar-refractivity contribution in [1.82, 2.24) is 0 Å². The van der Waals surface area contributed by atoms with Gasteiger partial charge in [-0.15, -0.1) is 0 Å². The van der Waals surface area contributed by atoms with Crippen LogP contribution in [-0.2, 0) is 0 Å².